The zero-order valence-electron chi connectivity index (χ0n) is 14.6. The number of carbonyl (C=O) groups is 3. The summed E-state index contributed by atoms with van der Waals surface area (Å²) in [6.45, 7) is 3.36. The molecule has 2 aromatic carbocycles. The summed E-state index contributed by atoms with van der Waals surface area (Å²) >= 11 is 0. The van der Waals surface area contributed by atoms with Gasteiger partial charge in [0.2, 0.25) is 0 Å². The Hall–Kier alpha value is -3.15. The van der Waals surface area contributed by atoms with Crippen LogP contribution in [-0.2, 0) is 20.9 Å². The number of hydrogen-bond acceptors (Lipinski definition) is 4. The van der Waals surface area contributed by atoms with Crippen molar-refractivity contribution in [3.05, 3.63) is 60.2 Å². The molecule has 0 unspecified atom stereocenters. The van der Waals surface area contributed by atoms with Crippen molar-refractivity contribution < 1.29 is 19.1 Å². The average Bonchev–Trinajstić information content (AvgIpc) is 2.65. The Bertz CT molecular complexity index is 831. The van der Waals surface area contributed by atoms with Crippen molar-refractivity contribution in [3.8, 4) is 11.1 Å². The summed E-state index contributed by atoms with van der Waals surface area (Å²) in [5.74, 6) is -0.540. The summed E-state index contributed by atoms with van der Waals surface area (Å²) in [5.41, 5.74) is 0.511. The molecule has 0 radical (unpaired) electrons. The molecule has 26 heavy (non-hydrogen) atoms. The van der Waals surface area contributed by atoms with E-state index in [9.17, 15) is 14.4 Å². The SMILES string of the molecule is CC1(C)NC(=O)[C@@]1(C=O)NC(=O)OCc1ccc(-c2ccccc2)cc1. The zero-order chi connectivity index (χ0) is 18.8. The van der Waals surface area contributed by atoms with Crippen molar-refractivity contribution in [2.75, 3.05) is 0 Å². The van der Waals surface area contributed by atoms with Gasteiger partial charge in [0.15, 0.2) is 11.8 Å². The number of rotatable bonds is 5. The van der Waals surface area contributed by atoms with Crippen LogP contribution in [0.25, 0.3) is 11.1 Å². The van der Waals surface area contributed by atoms with E-state index in [1.165, 1.54) is 0 Å². The molecule has 1 aliphatic rings. The first-order valence-corrected chi connectivity index (χ1v) is 8.26. The molecule has 6 nitrogen and oxygen atoms in total. The summed E-state index contributed by atoms with van der Waals surface area (Å²) < 4.78 is 5.16. The van der Waals surface area contributed by atoms with Crippen molar-refractivity contribution in [2.24, 2.45) is 0 Å². The summed E-state index contributed by atoms with van der Waals surface area (Å²) in [7, 11) is 0. The molecule has 1 aliphatic heterocycles. The third-order valence-electron chi connectivity index (χ3n) is 4.68. The van der Waals surface area contributed by atoms with Crippen LogP contribution >= 0.6 is 0 Å². The highest BCUT2D eigenvalue weighted by molar-refractivity contribution is 6.11. The lowest BCUT2D eigenvalue weighted by Gasteiger charge is -2.51. The largest absolute Gasteiger partial charge is 0.445 e. The van der Waals surface area contributed by atoms with Crippen LogP contribution in [0.1, 0.15) is 19.4 Å². The van der Waals surface area contributed by atoms with Gasteiger partial charge in [-0.15, -0.1) is 0 Å². The minimum atomic E-state index is -1.60. The molecule has 6 heteroatoms. The molecule has 3 rings (SSSR count). The lowest BCUT2D eigenvalue weighted by molar-refractivity contribution is -0.148. The number of hydrogen-bond donors (Lipinski definition) is 2. The van der Waals surface area contributed by atoms with Gasteiger partial charge in [0.1, 0.15) is 6.61 Å². The minimum absolute atomic E-state index is 0.0396. The van der Waals surface area contributed by atoms with Crippen molar-refractivity contribution in [1.29, 1.82) is 0 Å². The van der Waals surface area contributed by atoms with Crippen molar-refractivity contribution >= 4 is 18.3 Å². The molecule has 2 amide bonds. The molecule has 1 atom stereocenters. The van der Waals surface area contributed by atoms with Crippen molar-refractivity contribution in [3.63, 3.8) is 0 Å². The standard InChI is InChI=1S/C20H20N2O4/c1-19(2)20(13-23,17(24)21-19)22-18(25)26-12-14-8-10-16(11-9-14)15-6-4-3-5-7-15/h3-11,13H,12H2,1-2H3,(H,21,24)(H,22,25)/t20-/m1/s1. The first-order chi connectivity index (χ1) is 12.4. The Morgan fingerprint density at radius 2 is 1.69 bits per heavy atom. The fraction of sp³-hybridized carbons (Fsp3) is 0.250. The Kier molecular flexibility index (Phi) is 4.50. The normalized spacial score (nSPS) is 20.5. The van der Waals surface area contributed by atoms with Crippen LogP contribution in [0.15, 0.2) is 54.6 Å². The monoisotopic (exact) mass is 352 g/mol. The molecule has 1 saturated heterocycles. The van der Waals surface area contributed by atoms with Crippen LogP contribution < -0.4 is 10.6 Å². The van der Waals surface area contributed by atoms with E-state index in [-0.39, 0.29) is 6.61 Å². The number of carbonyl (C=O) groups excluding carboxylic acids is 3. The predicted octanol–water partition coefficient (Wildman–Crippen LogP) is 2.43. The molecule has 0 saturated carbocycles. The van der Waals surface area contributed by atoms with Gasteiger partial charge in [0.25, 0.3) is 5.91 Å². The number of aldehydes is 1. The predicted molar refractivity (Wildman–Crippen MR) is 96.2 cm³/mol. The van der Waals surface area contributed by atoms with Crippen LogP contribution in [0.5, 0.6) is 0 Å². The molecular weight excluding hydrogens is 332 g/mol. The van der Waals surface area contributed by atoms with Gasteiger partial charge in [-0.25, -0.2) is 4.79 Å². The third-order valence-corrected chi connectivity index (χ3v) is 4.68. The second kappa shape index (κ2) is 6.63. The van der Waals surface area contributed by atoms with Crippen LogP contribution in [0.2, 0.25) is 0 Å². The van der Waals surface area contributed by atoms with Crippen LogP contribution in [0, 0.1) is 0 Å². The molecule has 1 heterocycles. The number of amides is 2. The van der Waals surface area contributed by atoms with E-state index in [0.29, 0.717) is 6.29 Å². The smallest absolute Gasteiger partial charge is 0.408 e. The first-order valence-electron chi connectivity index (χ1n) is 8.26. The second-order valence-corrected chi connectivity index (χ2v) is 6.77. The van der Waals surface area contributed by atoms with Gasteiger partial charge >= 0.3 is 6.09 Å². The van der Waals surface area contributed by atoms with Gasteiger partial charge in [0.05, 0.1) is 5.54 Å². The van der Waals surface area contributed by atoms with Crippen LogP contribution in [-0.4, -0.2) is 29.4 Å². The third kappa shape index (κ3) is 3.06. The van der Waals surface area contributed by atoms with Gasteiger partial charge in [-0.2, -0.15) is 0 Å². The highest BCUT2D eigenvalue weighted by Crippen LogP contribution is 2.29. The maximum absolute atomic E-state index is 12.0. The molecule has 0 aliphatic carbocycles. The number of β-lactam (4-membered cyclic amide) rings is 1. The molecule has 0 aromatic heterocycles. The van der Waals surface area contributed by atoms with E-state index in [0.717, 1.165) is 16.7 Å². The second-order valence-electron chi connectivity index (χ2n) is 6.77. The Morgan fingerprint density at radius 3 is 2.23 bits per heavy atom. The van der Waals surface area contributed by atoms with E-state index < -0.39 is 23.1 Å². The van der Waals surface area contributed by atoms with Crippen molar-refractivity contribution in [1.82, 2.24) is 10.6 Å². The quantitative estimate of drug-likeness (QED) is 0.492. The van der Waals surface area contributed by atoms with Gasteiger partial charge < -0.3 is 14.8 Å². The maximum atomic E-state index is 12.0. The molecule has 2 aromatic rings. The molecule has 1 fully saturated rings. The maximum Gasteiger partial charge on any atom is 0.408 e. The zero-order valence-corrected chi connectivity index (χ0v) is 14.6. The summed E-state index contributed by atoms with van der Waals surface area (Å²) in [5, 5.41) is 4.97. The Labute approximate surface area is 151 Å². The topological polar surface area (TPSA) is 84.5 Å². The fourth-order valence-corrected chi connectivity index (χ4v) is 2.92. The highest BCUT2D eigenvalue weighted by Gasteiger charge is 2.62. The summed E-state index contributed by atoms with van der Waals surface area (Å²) in [6.07, 6.45) is -0.367. The first kappa shape index (κ1) is 17.7. The lowest BCUT2D eigenvalue weighted by Crippen LogP contribution is -2.85. The number of alkyl carbamates (subject to hydrolysis) is 1. The minimum Gasteiger partial charge on any atom is -0.445 e. The average molecular weight is 352 g/mol. The van der Waals surface area contributed by atoms with E-state index in [1.54, 1.807) is 13.8 Å². The molecule has 0 spiro atoms. The van der Waals surface area contributed by atoms with Gasteiger partial charge in [0, 0.05) is 0 Å². The van der Waals surface area contributed by atoms with E-state index >= 15 is 0 Å². The van der Waals surface area contributed by atoms with E-state index in [2.05, 4.69) is 10.6 Å². The number of benzene rings is 2. The summed E-state index contributed by atoms with van der Waals surface area (Å²) in [4.78, 5) is 35.2. The van der Waals surface area contributed by atoms with E-state index in [4.69, 9.17) is 4.74 Å². The number of ether oxygens (including phenoxy) is 1. The van der Waals surface area contributed by atoms with Crippen LogP contribution in [0.4, 0.5) is 4.79 Å². The molecule has 134 valence electrons. The van der Waals surface area contributed by atoms with Crippen molar-refractivity contribution in [2.45, 2.75) is 31.5 Å². The van der Waals surface area contributed by atoms with Gasteiger partial charge in [-0.1, -0.05) is 54.6 Å². The van der Waals surface area contributed by atoms with E-state index in [1.807, 2.05) is 54.6 Å². The fourth-order valence-electron chi connectivity index (χ4n) is 2.92. The highest BCUT2D eigenvalue weighted by atomic mass is 16.5. The molecular formula is C20H20N2O4. The lowest BCUT2D eigenvalue weighted by atomic mass is 9.72. The molecule has 2 N–H and O–H groups in total. The Morgan fingerprint density at radius 1 is 1.08 bits per heavy atom. The van der Waals surface area contributed by atoms with Gasteiger partial charge in [-0.05, 0) is 30.5 Å². The van der Waals surface area contributed by atoms with Crippen LogP contribution in [0.3, 0.4) is 0 Å². The number of nitrogens with one attached hydrogen (secondary N) is 2. The molecule has 0 bridgehead atoms. The Balaban J connectivity index is 1.60. The summed E-state index contributed by atoms with van der Waals surface area (Å²) in [6, 6.07) is 17.6. The van der Waals surface area contributed by atoms with Gasteiger partial charge in [-0.3, -0.25) is 10.1 Å².